The summed E-state index contributed by atoms with van der Waals surface area (Å²) < 4.78 is 4.65. The van der Waals surface area contributed by atoms with Gasteiger partial charge in [-0.1, -0.05) is 30.3 Å². The van der Waals surface area contributed by atoms with Crippen LogP contribution in [0.4, 0.5) is 0 Å². The van der Waals surface area contributed by atoms with Crippen molar-refractivity contribution in [3.05, 3.63) is 35.9 Å². The van der Waals surface area contributed by atoms with Gasteiger partial charge in [0.15, 0.2) is 0 Å². The van der Waals surface area contributed by atoms with E-state index in [1.165, 1.54) is 12.0 Å². The molecule has 116 valence electrons. The number of ether oxygens (including phenoxy) is 1. The van der Waals surface area contributed by atoms with Gasteiger partial charge in [-0.2, -0.15) is 11.8 Å². The molecule has 1 rings (SSSR count). The fourth-order valence-corrected chi connectivity index (χ4v) is 2.33. The van der Waals surface area contributed by atoms with Crippen LogP contribution in [0.1, 0.15) is 12.0 Å². The van der Waals surface area contributed by atoms with Crippen molar-refractivity contribution in [2.24, 2.45) is 5.73 Å². The van der Waals surface area contributed by atoms with Crippen LogP contribution in [-0.2, 0) is 20.9 Å². The number of rotatable bonds is 8. The maximum Gasteiger partial charge on any atom is 0.325 e. The fraction of sp³-hybridized carbons (Fsp3) is 0.467. The zero-order valence-corrected chi connectivity index (χ0v) is 13.3. The molecular formula is C15H22N2O3S. The molecule has 0 aromatic heterocycles. The molecule has 1 aromatic carbocycles. The number of methoxy groups -OCH3 is 1. The maximum atomic E-state index is 12.4. The van der Waals surface area contributed by atoms with Crippen LogP contribution < -0.4 is 5.73 Å². The first-order chi connectivity index (χ1) is 10.1. The Hall–Kier alpha value is -1.53. The van der Waals surface area contributed by atoms with Crippen molar-refractivity contribution in [1.82, 2.24) is 4.90 Å². The summed E-state index contributed by atoms with van der Waals surface area (Å²) in [5.41, 5.74) is 6.87. The van der Waals surface area contributed by atoms with Crippen molar-refractivity contribution in [3.8, 4) is 0 Å². The van der Waals surface area contributed by atoms with Crippen molar-refractivity contribution in [1.29, 1.82) is 0 Å². The van der Waals surface area contributed by atoms with Crippen molar-refractivity contribution in [2.75, 3.05) is 25.7 Å². The Labute approximate surface area is 129 Å². The zero-order chi connectivity index (χ0) is 15.7. The van der Waals surface area contributed by atoms with Crippen LogP contribution in [0.2, 0.25) is 0 Å². The number of amides is 1. The number of hydrogen-bond donors (Lipinski definition) is 1. The first-order valence-corrected chi connectivity index (χ1v) is 8.12. The number of esters is 1. The lowest BCUT2D eigenvalue weighted by Gasteiger charge is -2.24. The topological polar surface area (TPSA) is 72.6 Å². The number of carbonyl (C=O) groups excluding carboxylic acids is 2. The van der Waals surface area contributed by atoms with Crippen LogP contribution in [0.15, 0.2) is 30.3 Å². The van der Waals surface area contributed by atoms with E-state index in [2.05, 4.69) is 4.74 Å². The van der Waals surface area contributed by atoms with E-state index in [0.29, 0.717) is 13.0 Å². The van der Waals surface area contributed by atoms with Crippen molar-refractivity contribution in [3.63, 3.8) is 0 Å². The van der Waals surface area contributed by atoms with Gasteiger partial charge in [0.1, 0.15) is 6.54 Å². The predicted molar refractivity (Wildman–Crippen MR) is 84.8 cm³/mol. The molecule has 1 aromatic rings. The van der Waals surface area contributed by atoms with Crippen LogP contribution in [0.3, 0.4) is 0 Å². The zero-order valence-electron chi connectivity index (χ0n) is 12.5. The van der Waals surface area contributed by atoms with Gasteiger partial charge in [0, 0.05) is 6.54 Å². The molecule has 21 heavy (non-hydrogen) atoms. The van der Waals surface area contributed by atoms with Gasteiger partial charge in [-0.05, 0) is 24.0 Å². The van der Waals surface area contributed by atoms with Gasteiger partial charge in [-0.15, -0.1) is 0 Å². The average molecular weight is 310 g/mol. The minimum absolute atomic E-state index is 0.0861. The second kappa shape index (κ2) is 9.41. The highest BCUT2D eigenvalue weighted by molar-refractivity contribution is 7.98. The monoisotopic (exact) mass is 310 g/mol. The fourth-order valence-electron chi connectivity index (χ4n) is 1.84. The second-order valence-corrected chi connectivity index (χ2v) is 5.63. The SMILES string of the molecule is COC(=O)CN(Cc1ccccc1)C(=O)[C@H](N)CCSC. The summed E-state index contributed by atoms with van der Waals surface area (Å²) in [6.45, 7) is 0.263. The van der Waals surface area contributed by atoms with E-state index < -0.39 is 12.0 Å². The van der Waals surface area contributed by atoms with Gasteiger partial charge in [0.25, 0.3) is 0 Å². The Morgan fingerprint density at radius 1 is 1.33 bits per heavy atom. The highest BCUT2D eigenvalue weighted by atomic mass is 32.2. The summed E-state index contributed by atoms with van der Waals surface area (Å²) in [6.07, 6.45) is 2.56. The Morgan fingerprint density at radius 2 is 2.00 bits per heavy atom. The Kier molecular flexibility index (Phi) is 7.85. The van der Waals surface area contributed by atoms with Gasteiger partial charge in [-0.25, -0.2) is 0 Å². The van der Waals surface area contributed by atoms with E-state index >= 15 is 0 Å². The van der Waals surface area contributed by atoms with Crippen molar-refractivity contribution >= 4 is 23.6 Å². The molecule has 0 aliphatic heterocycles. The molecule has 0 spiro atoms. The highest BCUT2D eigenvalue weighted by Gasteiger charge is 2.23. The molecule has 1 amide bonds. The van der Waals surface area contributed by atoms with Crippen LogP contribution >= 0.6 is 11.8 Å². The summed E-state index contributed by atoms with van der Waals surface area (Å²) in [7, 11) is 1.31. The first kappa shape index (κ1) is 17.5. The molecule has 0 fully saturated rings. The van der Waals surface area contributed by atoms with Gasteiger partial charge < -0.3 is 15.4 Å². The predicted octanol–water partition coefficient (Wildman–Crippen LogP) is 1.27. The summed E-state index contributed by atoms with van der Waals surface area (Å²) in [5.74, 6) is 0.138. The Bertz CT molecular complexity index is 453. The second-order valence-electron chi connectivity index (χ2n) is 4.64. The molecule has 0 aliphatic rings. The van der Waals surface area contributed by atoms with Crippen LogP contribution in [0.5, 0.6) is 0 Å². The van der Waals surface area contributed by atoms with Crippen molar-refractivity contribution in [2.45, 2.75) is 19.0 Å². The minimum Gasteiger partial charge on any atom is -0.468 e. The van der Waals surface area contributed by atoms with E-state index in [1.54, 1.807) is 11.8 Å². The third-order valence-corrected chi connectivity index (χ3v) is 3.67. The van der Waals surface area contributed by atoms with Crippen molar-refractivity contribution < 1.29 is 14.3 Å². The number of thioether (sulfide) groups is 1. The summed E-state index contributed by atoms with van der Waals surface area (Å²) in [4.78, 5) is 25.3. The number of nitrogens with zero attached hydrogens (tertiary/aromatic N) is 1. The molecule has 0 saturated carbocycles. The smallest absolute Gasteiger partial charge is 0.325 e. The number of nitrogens with two attached hydrogens (primary N) is 1. The van der Waals surface area contributed by atoms with E-state index in [9.17, 15) is 9.59 Å². The molecule has 6 heteroatoms. The summed E-state index contributed by atoms with van der Waals surface area (Å²) in [5, 5.41) is 0. The van der Waals surface area contributed by atoms with Gasteiger partial charge in [0.2, 0.25) is 5.91 Å². The largest absolute Gasteiger partial charge is 0.468 e. The van der Waals surface area contributed by atoms with Gasteiger partial charge in [0.05, 0.1) is 13.2 Å². The summed E-state index contributed by atoms with van der Waals surface area (Å²) >= 11 is 1.64. The Morgan fingerprint density at radius 3 is 2.57 bits per heavy atom. The van der Waals surface area contributed by atoms with Crippen LogP contribution in [0.25, 0.3) is 0 Å². The molecule has 0 heterocycles. The molecular weight excluding hydrogens is 288 g/mol. The molecule has 0 radical (unpaired) electrons. The third-order valence-electron chi connectivity index (χ3n) is 3.03. The maximum absolute atomic E-state index is 12.4. The molecule has 0 aliphatic carbocycles. The highest BCUT2D eigenvalue weighted by Crippen LogP contribution is 2.08. The number of hydrogen-bond acceptors (Lipinski definition) is 5. The lowest BCUT2D eigenvalue weighted by Crippen LogP contribution is -2.45. The molecule has 0 saturated heterocycles. The third kappa shape index (κ3) is 6.18. The minimum atomic E-state index is -0.592. The van der Waals surface area contributed by atoms with E-state index in [4.69, 9.17) is 5.73 Å². The summed E-state index contributed by atoms with van der Waals surface area (Å²) in [6, 6.07) is 8.91. The molecule has 0 bridgehead atoms. The van der Waals surface area contributed by atoms with Gasteiger partial charge in [-0.3, -0.25) is 9.59 Å². The van der Waals surface area contributed by atoms with Crippen LogP contribution in [0, 0.1) is 0 Å². The standard InChI is InChI=1S/C15H22N2O3S/c1-20-14(18)11-17(10-12-6-4-3-5-7-12)15(19)13(16)8-9-21-2/h3-7,13H,8-11,16H2,1-2H3/t13-/m1/s1. The molecule has 5 nitrogen and oxygen atoms in total. The van der Waals surface area contributed by atoms with Gasteiger partial charge >= 0.3 is 5.97 Å². The number of carbonyl (C=O) groups is 2. The quantitative estimate of drug-likeness (QED) is 0.732. The van der Waals surface area contributed by atoms with E-state index in [-0.39, 0.29) is 12.5 Å². The normalized spacial score (nSPS) is 11.8. The molecule has 0 unspecified atom stereocenters. The number of benzene rings is 1. The molecule has 1 atom stereocenters. The molecule has 2 N–H and O–H groups in total. The first-order valence-electron chi connectivity index (χ1n) is 6.72. The lowest BCUT2D eigenvalue weighted by atomic mass is 10.1. The van der Waals surface area contributed by atoms with E-state index in [0.717, 1.165) is 11.3 Å². The lowest BCUT2D eigenvalue weighted by molar-refractivity contribution is -0.147. The Balaban J connectivity index is 2.76. The average Bonchev–Trinajstić information content (AvgIpc) is 2.52. The van der Waals surface area contributed by atoms with E-state index in [1.807, 2.05) is 36.6 Å². The van der Waals surface area contributed by atoms with Crippen LogP contribution in [-0.4, -0.2) is 48.5 Å².